The molecule has 2 aliphatic rings. The van der Waals surface area contributed by atoms with Gasteiger partial charge in [-0.25, -0.2) is 0 Å². The van der Waals surface area contributed by atoms with Crippen molar-refractivity contribution in [2.75, 3.05) is 26.2 Å². The summed E-state index contributed by atoms with van der Waals surface area (Å²) in [4.78, 5) is 28.3. The van der Waals surface area contributed by atoms with Crippen molar-refractivity contribution in [1.29, 1.82) is 0 Å². The van der Waals surface area contributed by atoms with E-state index in [2.05, 4.69) is 12.2 Å². The maximum Gasteiger partial charge on any atom is 0.254 e. The van der Waals surface area contributed by atoms with E-state index in [0.717, 1.165) is 12.8 Å². The van der Waals surface area contributed by atoms with Gasteiger partial charge in [-0.3, -0.25) is 9.59 Å². The summed E-state index contributed by atoms with van der Waals surface area (Å²) in [5, 5.41) is 9.48. The van der Waals surface area contributed by atoms with Crippen molar-refractivity contribution >= 4 is 11.8 Å². The summed E-state index contributed by atoms with van der Waals surface area (Å²) in [5.41, 5.74) is 0.487. The van der Waals surface area contributed by atoms with Crippen molar-refractivity contribution in [3.05, 3.63) is 42.0 Å². The van der Waals surface area contributed by atoms with Crippen molar-refractivity contribution in [2.45, 2.75) is 19.3 Å². The molecule has 1 aromatic rings. The molecule has 5 nitrogen and oxygen atoms in total. The molecule has 0 radical (unpaired) electrons. The average molecular weight is 314 g/mol. The van der Waals surface area contributed by atoms with Crippen molar-refractivity contribution in [1.82, 2.24) is 9.80 Å². The smallest absolute Gasteiger partial charge is 0.254 e. The van der Waals surface area contributed by atoms with E-state index >= 15 is 0 Å². The van der Waals surface area contributed by atoms with Gasteiger partial charge in [-0.15, -0.1) is 0 Å². The van der Waals surface area contributed by atoms with E-state index in [1.54, 1.807) is 23.1 Å². The van der Waals surface area contributed by atoms with Gasteiger partial charge in [-0.05, 0) is 37.0 Å². The first-order chi connectivity index (χ1) is 11.1. The lowest BCUT2D eigenvalue weighted by Crippen LogP contribution is -2.50. The Morgan fingerprint density at radius 1 is 1.13 bits per heavy atom. The number of hydrogen-bond acceptors (Lipinski definition) is 3. The number of phenolic OH excluding ortho intramolecular Hbond substituents is 1. The first-order valence-electron chi connectivity index (χ1n) is 8.16. The first-order valence-corrected chi connectivity index (χ1v) is 8.16. The third-order valence-corrected chi connectivity index (χ3v) is 4.56. The number of carbonyl (C=O) groups is 2. The zero-order valence-electron chi connectivity index (χ0n) is 13.1. The Morgan fingerprint density at radius 2 is 1.87 bits per heavy atom. The van der Waals surface area contributed by atoms with Gasteiger partial charge in [0.15, 0.2) is 0 Å². The highest BCUT2D eigenvalue weighted by Crippen LogP contribution is 2.22. The van der Waals surface area contributed by atoms with Crippen LogP contribution in [0.15, 0.2) is 36.4 Å². The largest absolute Gasteiger partial charge is 0.508 e. The van der Waals surface area contributed by atoms with Gasteiger partial charge in [0.05, 0.1) is 0 Å². The van der Waals surface area contributed by atoms with E-state index in [-0.39, 0.29) is 17.6 Å². The van der Waals surface area contributed by atoms with Gasteiger partial charge in [0.1, 0.15) is 5.75 Å². The molecule has 23 heavy (non-hydrogen) atoms. The quantitative estimate of drug-likeness (QED) is 0.869. The second kappa shape index (κ2) is 6.86. The van der Waals surface area contributed by atoms with Gasteiger partial charge in [0.25, 0.3) is 5.91 Å². The first kappa shape index (κ1) is 15.6. The van der Waals surface area contributed by atoms with Crippen molar-refractivity contribution in [3.8, 4) is 5.75 Å². The molecule has 0 spiro atoms. The standard InChI is InChI=1S/C18H22N2O3/c21-16-7-3-6-15(13-16)18(23)20-10-8-19(9-11-20)17(22)12-14-4-1-2-5-14/h1,3-4,6-7,13-14,21H,2,5,8-12H2/t14-/m1/s1. The Bertz CT molecular complexity index is 618. The van der Waals surface area contributed by atoms with E-state index in [1.807, 2.05) is 4.90 Å². The van der Waals surface area contributed by atoms with Gasteiger partial charge >= 0.3 is 0 Å². The molecule has 5 heteroatoms. The number of aromatic hydroxyl groups is 1. The molecule has 1 N–H and O–H groups in total. The van der Waals surface area contributed by atoms with Crippen LogP contribution in [-0.4, -0.2) is 52.9 Å². The van der Waals surface area contributed by atoms with Crippen LogP contribution in [0.3, 0.4) is 0 Å². The summed E-state index contributed by atoms with van der Waals surface area (Å²) in [7, 11) is 0. The van der Waals surface area contributed by atoms with Gasteiger partial charge < -0.3 is 14.9 Å². The van der Waals surface area contributed by atoms with Gasteiger partial charge in [-0.1, -0.05) is 18.2 Å². The van der Waals surface area contributed by atoms with Crippen LogP contribution in [0.4, 0.5) is 0 Å². The summed E-state index contributed by atoms with van der Waals surface area (Å²) in [6.07, 6.45) is 7.01. The molecule has 1 aromatic carbocycles. The Hall–Kier alpha value is -2.30. The molecule has 0 saturated carbocycles. The Labute approximate surface area is 136 Å². The maximum absolute atomic E-state index is 12.4. The zero-order valence-corrected chi connectivity index (χ0v) is 13.1. The number of amides is 2. The highest BCUT2D eigenvalue weighted by molar-refractivity contribution is 5.94. The van der Waals surface area contributed by atoms with Crippen LogP contribution in [-0.2, 0) is 4.79 Å². The average Bonchev–Trinajstić information content (AvgIpc) is 3.07. The number of phenols is 1. The molecular weight excluding hydrogens is 292 g/mol. The molecule has 0 aromatic heterocycles. The van der Waals surface area contributed by atoms with E-state index in [0.29, 0.717) is 44.1 Å². The second-order valence-electron chi connectivity index (χ2n) is 6.19. The minimum Gasteiger partial charge on any atom is -0.508 e. The molecule has 2 amide bonds. The monoisotopic (exact) mass is 314 g/mol. The fraction of sp³-hybridized carbons (Fsp3) is 0.444. The van der Waals surface area contributed by atoms with Crippen LogP contribution in [0.1, 0.15) is 29.6 Å². The maximum atomic E-state index is 12.4. The molecule has 1 aliphatic heterocycles. The van der Waals surface area contributed by atoms with Crippen LogP contribution in [0.25, 0.3) is 0 Å². The third-order valence-electron chi connectivity index (χ3n) is 4.56. The second-order valence-corrected chi connectivity index (χ2v) is 6.19. The highest BCUT2D eigenvalue weighted by atomic mass is 16.3. The van der Waals surface area contributed by atoms with Gasteiger partial charge in [-0.2, -0.15) is 0 Å². The minimum absolute atomic E-state index is 0.0910. The summed E-state index contributed by atoms with van der Waals surface area (Å²) < 4.78 is 0. The number of allylic oxidation sites excluding steroid dienone is 2. The molecule has 1 aliphatic carbocycles. The van der Waals surface area contributed by atoms with Crippen molar-refractivity contribution in [3.63, 3.8) is 0 Å². The van der Waals surface area contributed by atoms with Crippen LogP contribution >= 0.6 is 0 Å². The fourth-order valence-corrected chi connectivity index (χ4v) is 3.20. The number of carbonyl (C=O) groups excluding carboxylic acids is 2. The molecule has 1 saturated heterocycles. The van der Waals surface area contributed by atoms with Crippen molar-refractivity contribution < 1.29 is 14.7 Å². The Balaban J connectivity index is 1.52. The van der Waals surface area contributed by atoms with Crippen molar-refractivity contribution in [2.24, 2.45) is 5.92 Å². The van der Waals surface area contributed by atoms with Crippen LogP contribution in [0, 0.1) is 5.92 Å². The molecule has 1 heterocycles. The number of nitrogens with zero attached hydrogens (tertiary/aromatic N) is 2. The molecule has 122 valence electrons. The highest BCUT2D eigenvalue weighted by Gasteiger charge is 2.26. The number of piperazine rings is 1. The van der Waals surface area contributed by atoms with Crippen LogP contribution < -0.4 is 0 Å². The molecule has 1 atom stereocenters. The van der Waals surface area contributed by atoms with E-state index in [9.17, 15) is 14.7 Å². The minimum atomic E-state index is -0.0910. The Kier molecular flexibility index (Phi) is 4.65. The third kappa shape index (κ3) is 3.73. The number of benzene rings is 1. The lowest BCUT2D eigenvalue weighted by atomic mass is 10.0. The summed E-state index contributed by atoms with van der Waals surface area (Å²) >= 11 is 0. The predicted octanol–water partition coefficient (Wildman–Crippen LogP) is 2.03. The normalized spacial score (nSPS) is 20.8. The molecular formula is C18H22N2O3. The Morgan fingerprint density at radius 3 is 2.52 bits per heavy atom. The SMILES string of the molecule is O=C(C[C@@H]1C=CCC1)N1CCN(C(=O)c2cccc(O)c2)CC1. The lowest BCUT2D eigenvalue weighted by Gasteiger charge is -2.35. The molecule has 1 fully saturated rings. The number of hydrogen-bond donors (Lipinski definition) is 1. The summed E-state index contributed by atoms with van der Waals surface area (Å²) in [6.45, 7) is 2.25. The van der Waals surface area contributed by atoms with Gasteiger partial charge in [0, 0.05) is 38.2 Å². The van der Waals surface area contributed by atoms with Gasteiger partial charge in [0.2, 0.25) is 5.91 Å². The van der Waals surface area contributed by atoms with E-state index in [4.69, 9.17) is 0 Å². The summed E-state index contributed by atoms with van der Waals surface area (Å²) in [5.74, 6) is 0.571. The van der Waals surface area contributed by atoms with E-state index < -0.39 is 0 Å². The molecule has 3 rings (SSSR count). The van der Waals surface area contributed by atoms with Crippen LogP contribution in [0.5, 0.6) is 5.75 Å². The molecule has 0 bridgehead atoms. The lowest BCUT2D eigenvalue weighted by molar-refractivity contribution is -0.133. The topological polar surface area (TPSA) is 60.9 Å². The number of rotatable bonds is 3. The fourth-order valence-electron chi connectivity index (χ4n) is 3.20. The molecule has 0 unspecified atom stereocenters. The van der Waals surface area contributed by atoms with Crippen LogP contribution in [0.2, 0.25) is 0 Å². The zero-order chi connectivity index (χ0) is 16.2. The predicted molar refractivity (Wildman–Crippen MR) is 87.1 cm³/mol. The summed E-state index contributed by atoms with van der Waals surface area (Å²) in [6, 6.07) is 6.39. The van der Waals surface area contributed by atoms with E-state index in [1.165, 1.54) is 6.07 Å².